The summed E-state index contributed by atoms with van der Waals surface area (Å²) in [5, 5.41) is 2.86. The van der Waals surface area contributed by atoms with Crippen molar-refractivity contribution in [2.75, 3.05) is 6.54 Å². The summed E-state index contributed by atoms with van der Waals surface area (Å²) in [6.07, 6.45) is 1.10. The Morgan fingerprint density at radius 2 is 2.00 bits per heavy atom. The predicted molar refractivity (Wildman–Crippen MR) is 97.9 cm³/mol. The average molecular weight is 403 g/mol. The van der Waals surface area contributed by atoms with Gasteiger partial charge in [-0.15, -0.1) is 0 Å². The Morgan fingerprint density at radius 3 is 2.79 bits per heavy atom. The summed E-state index contributed by atoms with van der Waals surface area (Å²) in [6.45, 7) is -0.942. The minimum absolute atomic E-state index is 0.0379. The van der Waals surface area contributed by atoms with Crippen LogP contribution in [-0.2, 0) is 32.9 Å². The quantitative estimate of drug-likeness (QED) is 0.630. The zero-order valence-electron chi connectivity index (χ0n) is 14.7. The number of nitrogens with one attached hydrogen (secondary N) is 1. The molecule has 0 unspecified atom stereocenters. The van der Waals surface area contributed by atoms with E-state index in [2.05, 4.69) is 5.32 Å². The first-order chi connectivity index (χ1) is 13.4. The second kappa shape index (κ2) is 6.91. The summed E-state index contributed by atoms with van der Waals surface area (Å²) in [6, 6.07) is 10.9. The fourth-order valence-electron chi connectivity index (χ4n) is 3.73. The smallest absolute Gasteiger partial charge is 0.326 e. The van der Waals surface area contributed by atoms with Gasteiger partial charge in [-0.3, -0.25) is 14.5 Å². The molecule has 2 aliphatic rings. The molecule has 4 rings (SSSR count). The Morgan fingerprint density at radius 1 is 1.21 bits per heavy atom. The maximum atomic E-state index is 13.8. The summed E-state index contributed by atoms with van der Waals surface area (Å²) in [5.41, 5.74) is 0.649. The number of imide groups is 1. The molecule has 8 heteroatoms. The van der Waals surface area contributed by atoms with E-state index in [1.807, 2.05) is 18.2 Å². The molecule has 1 heterocycles. The molecule has 1 N–H and O–H groups in total. The van der Waals surface area contributed by atoms with Crippen molar-refractivity contribution in [3.63, 3.8) is 0 Å². The van der Waals surface area contributed by atoms with Crippen molar-refractivity contribution in [3.8, 4) is 0 Å². The molecule has 0 aromatic heterocycles. The van der Waals surface area contributed by atoms with E-state index in [9.17, 15) is 18.8 Å². The van der Waals surface area contributed by atoms with Crippen LogP contribution in [0.3, 0.4) is 0 Å². The molecule has 0 radical (unpaired) electrons. The molecule has 1 fully saturated rings. The van der Waals surface area contributed by atoms with Crippen LogP contribution in [0.1, 0.15) is 23.1 Å². The molecule has 6 nitrogen and oxygen atoms in total. The molecular weight excluding hydrogens is 387 g/mol. The van der Waals surface area contributed by atoms with Crippen LogP contribution in [0.25, 0.3) is 0 Å². The number of esters is 1. The molecule has 1 aliphatic heterocycles. The van der Waals surface area contributed by atoms with Gasteiger partial charge in [0.1, 0.15) is 24.5 Å². The standard InChI is InChI=1S/C20H16ClFN2O4/c21-15-6-3-7-16(22)13(15)11-28-17(25)10-24-18(26)20(23-19(24)27)9-8-12-4-1-2-5-14(12)20/h1-7H,8-11H2,(H,23,27)/t20-/m1/s1. The zero-order valence-corrected chi connectivity index (χ0v) is 15.5. The molecule has 0 bridgehead atoms. The SMILES string of the molecule is O=C(CN1C(=O)N[C@@]2(CCc3ccccc32)C1=O)OCc1c(F)cccc1Cl. The molecule has 1 saturated heterocycles. The van der Waals surface area contributed by atoms with Crippen molar-refractivity contribution in [1.82, 2.24) is 10.2 Å². The number of benzene rings is 2. The second-order valence-corrected chi connectivity index (χ2v) is 7.15. The van der Waals surface area contributed by atoms with Gasteiger partial charge >= 0.3 is 12.0 Å². The van der Waals surface area contributed by atoms with Crippen molar-refractivity contribution in [1.29, 1.82) is 0 Å². The number of nitrogens with zero attached hydrogens (tertiary/aromatic N) is 1. The summed E-state index contributed by atoms with van der Waals surface area (Å²) >= 11 is 5.90. The maximum Gasteiger partial charge on any atom is 0.326 e. The largest absolute Gasteiger partial charge is 0.459 e. The normalized spacial score (nSPS) is 20.4. The second-order valence-electron chi connectivity index (χ2n) is 6.74. The fourth-order valence-corrected chi connectivity index (χ4v) is 3.95. The van der Waals surface area contributed by atoms with E-state index >= 15 is 0 Å². The molecular formula is C20H16ClFN2O4. The first-order valence-electron chi connectivity index (χ1n) is 8.73. The first kappa shape index (κ1) is 18.4. The maximum absolute atomic E-state index is 13.8. The lowest BCUT2D eigenvalue weighted by atomic mass is 9.92. The predicted octanol–water partition coefficient (Wildman–Crippen LogP) is 2.92. The Kier molecular flexibility index (Phi) is 4.55. The average Bonchev–Trinajstić information content (AvgIpc) is 3.15. The third kappa shape index (κ3) is 2.92. The molecule has 2 aromatic rings. The number of carbonyl (C=O) groups excluding carboxylic acids is 3. The number of aryl methyl sites for hydroxylation is 1. The van der Waals surface area contributed by atoms with Crippen molar-refractivity contribution >= 4 is 29.5 Å². The number of rotatable bonds is 4. The van der Waals surface area contributed by atoms with Gasteiger partial charge in [0.25, 0.3) is 5.91 Å². The summed E-state index contributed by atoms with van der Waals surface area (Å²) < 4.78 is 18.8. The van der Waals surface area contributed by atoms with Gasteiger partial charge in [-0.1, -0.05) is 41.9 Å². The van der Waals surface area contributed by atoms with Crippen LogP contribution in [0.15, 0.2) is 42.5 Å². The topological polar surface area (TPSA) is 75.7 Å². The van der Waals surface area contributed by atoms with Crippen LogP contribution in [0.2, 0.25) is 5.02 Å². The van der Waals surface area contributed by atoms with Crippen LogP contribution in [0.4, 0.5) is 9.18 Å². The first-order valence-corrected chi connectivity index (χ1v) is 9.11. The minimum atomic E-state index is -1.14. The fraction of sp³-hybridized carbons (Fsp3) is 0.250. The van der Waals surface area contributed by atoms with Gasteiger partial charge < -0.3 is 10.1 Å². The highest BCUT2D eigenvalue weighted by Gasteiger charge is 2.55. The van der Waals surface area contributed by atoms with Gasteiger partial charge in [0.05, 0.1) is 5.02 Å². The highest BCUT2D eigenvalue weighted by atomic mass is 35.5. The van der Waals surface area contributed by atoms with E-state index in [1.165, 1.54) is 18.2 Å². The molecule has 3 amide bonds. The summed E-state index contributed by atoms with van der Waals surface area (Å²) in [4.78, 5) is 38.4. The zero-order chi connectivity index (χ0) is 19.9. The number of fused-ring (bicyclic) bond motifs is 2. The Hall–Kier alpha value is -2.93. The lowest BCUT2D eigenvalue weighted by molar-refractivity contribution is -0.149. The molecule has 2 aromatic carbocycles. The molecule has 28 heavy (non-hydrogen) atoms. The van der Waals surface area contributed by atoms with E-state index in [-0.39, 0.29) is 17.2 Å². The lowest BCUT2D eigenvalue weighted by Crippen LogP contribution is -2.42. The number of urea groups is 1. The van der Waals surface area contributed by atoms with E-state index in [0.717, 1.165) is 16.0 Å². The molecule has 1 atom stereocenters. The van der Waals surface area contributed by atoms with Crippen LogP contribution in [0.5, 0.6) is 0 Å². The third-order valence-electron chi connectivity index (χ3n) is 5.15. The van der Waals surface area contributed by atoms with Gasteiger partial charge in [0.2, 0.25) is 0 Å². The van der Waals surface area contributed by atoms with Crippen LogP contribution >= 0.6 is 11.6 Å². The number of amides is 3. The number of hydrogen-bond acceptors (Lipinski definition) is 4. The Balaban J connectivity index is 1.46. The molecule has 0 saturated carbocycles. The number of halogens is 2. The molecule has 1 spiro atoms. The van der Waals surface area contributed by atoms with Crippen molar-refractivity contribution in [2.24, 2.45) is 0 Å². The number of carbonyl (C=O) groups is 3. The van der Waals surface area contributed by atoms with Crippen LogP contribution in [0, 0.1) is 5.82 Å². The van der Waals surface area contributed by atoms with Crippen molar-refractivity contribution < 1.29 is 23.5 Å². The molecule has 1 aliphatic carbocycles. The highest BCUT2D eigenvalue weighted by Crippen LogP contribution is 2.41. The van der Waals surface area contributed by atoms with Gasteiger partial charge in [0, 0.05) is 5.56 Å². The summed E-state index contributed by atoms with van der Waals surface area (Å²) in [7, 11) is 0. The minimum Gasteiger partial charge on any atom is -0.459 e. The van der Waals surface area contributed by atoms with Crippen LogP contribution < -0.4 is 5.32 Å². The number of hydrogen-bond donors (Lipinski definition) is 1. The van der Waals surface area contributed by atoms with E-state index < -0.39 is 35.8 Å². The summed E-state index contributed by atoms with van der Waals surface area (Å²) in [5.74, 6) is -1.91. The van der Waals surface area contributed by atoms with E-state index in [1.54, 1.807) is 6.07 Å². The third-order valence-corrected chi connectivity index (χ3v) is 5.50. The Bertz CT molecular complexity index is 976. The van der Waals surface area contributed by atoms with Crippen LogP contribution in [-0.4, -0.2) is 29.4 Å². The monoisotopic (exact) mass is 402 g/mol. The lowest BCUT2D eigenvalue weighted by Gasteiger charge is -2.22. The Labute approximate surface area is 165 Å². The van der Waals surface area contributed by atoms with Crippen molar-refractivity contribution in [3.05, 3.63) is 70.0 Å². The van der Waals surface area contributed by atoms with E-state index in [4.69, 9.17) is 16.3 Å². The van der Waals surface area contributed by atoms with Crippen molar-refractivity contribution in [2.45, 2.75) is 25.0 Å². The van der Waals surface area contributed by atoms with E-state index in [0.29, 0.717) is 12.8 Å². The van der Waals surface area contributed by atoms with Gasteiger partial charge in [0.15, 0.2) is 0 Å². The van der Waals surface area contributed by atoms with Gasteiger partial charge in [-0.2, -0.15) is 0 Å². The number of ether oxygens (including phenoxy) is 1. The van der Waals surface area contributed by atoms with Gasteiger partial charge in [-0.25, -0.2) is 9.18 Å². The van der Waals surface area contributed by atoms with Gasteiger partial charge in [-0.05, 0) is 36.1 Å². The molecule has 144 valence electrons. The highest BCUT2D eigenvalue weighted by molar-refractivity contribution is 6.31.